The van der Waals surface area contributed by atoms with Crippen molar-refractivity contribution < 1.29 is 19.4 Å². The molecule has 3 N–H and O–H groups in total. The summed E-state index contributed by atoms with van der Waals surface area (Å²) in [6.45, 7) is 1.91. The molecule has 0 aromatic carbocycles. The van der Waals surface area contributed by atoms with E-state index in [0.29, 0.717) is 19.1 Å². The number of furan rings is 1. The van der Waals surface area contributed by atoms with Crippen LogP contribution in [0.1, 0.15) is 31.4 Å². The van der Waals surface area contributed by atoms with Crippen LogP contribution in [0.3, 0.4) is 0 Å². The summed E-state index contributed by atoms with van der Waals surface area (Å²) in [6, 6.07) is 3.65. The van der Waals surface area contributed by atoms with Crippen LogP contribution in [0.25, 0.3) is 0 Å². The van der Waals surface area contributed by atoms with Gasteiger partial charge in [-0.05, 0) is 30.9 Å². The Hall–Kier alpha value is -0.880. The third-order valence-electron chi connectivity index (χ3n) is 3.79. The van der Waals surface area contributed by atoms with Gasteiger partial charge < -0.3 is 24.7 Å². The number of hydrogen-bond donors (Lipinski definition) is 3. The number of aliphatic hydroxyl groups excluding tert-OH is 2. The highest BCUT2D eigenvalue weighted by Gasteiger charge is 2.22. The molecule has 1 fully saturated rings. The second kappa shape index (κ2) is 8.42. The van der Waals surface area contributed by atoms with Gasteiger partial charge in [-0.15, -0.1) is 0 Å². The lowest BCUT2D eigenvalue weighted by Gasteiger charge is -2.28. The van der Waals surface area contributed by atoms with Gasteiger partial charge >= 0.3 is 0 Å². The summed E-state index contributed by atoms with van der Waals surface area (Å²) in [6.07, 6.45) is 5.17. The normalized spacial score (nSPS) is 24.7. The van der Waals surface area contributed by atoms with Gasteiger partial charge in [0.2, 0.25) is 0 Å². The fourth-order valence-electron chi connectivity index (χ4n) is 2.61. The molecular weight excluding hydrogens is 258 g/mol. The van der Waals surface area contributed by atoms with E-state index < -0.39 is 6.10 Å². The molecule has 1 aliphatic rings. The quantitative estimate of drug-likeness (QED) is 0.670. The molecular formula is C15H25NO4. The van der Waals surface area contributed by atoms with Crippen LogP contribution in [0.5, 0.6) is 0 Å². The van der Waals surface area contributed by atoms with Crippen LogP contribution in [-0.2, 0) is 11.3 Å². The molecule has 0 bridgehead atoms. The highest BCUT2D eigenvalue weighted by atomic mass is 16.5. The van der Waals surface area contributed by atoms with E-state index in [4.69, 9.17) is 9.15 Å². The van der Waals surface area contributed by atoms with Crippen LogP contribution < -0.4 is 5.32 Å². The van der Waals surface area contributed by atoms with Crippen molar-refractivity contribution in [3.8, 4) is 0 Å². The molecule has 5 nitrogen and oxygen atoms in total. The van der Waals surface area contributed by atoms with Crippen molar-refractivity contribution in [2.24, 2.45) is 5.92 Å². The molecule has 0 spiro atoms. The summed E-state index contributed by atoms with van der Waals surface area (Å²) >= 11 is 0. The largest absolute Gasteiger partial charge is 0.467 e. The lowest BCUT2D eigenvalue weighted by molar-refractivity contribution is 0.0198. The Morgan fingerprint density at radius 1 is 1.40 bits per heavy atom. The average molecular weight is 283 g/mol. The highest BCUT2D eigenvalue weighted by molar-refractivity contribution is 4.96. The van der Waals surface area contributed by atoms with Gasteiger partial charge in [-0.2, -0.15) is 0 Å². The van der Waals surface area contributed by atoms with Gasteiger partial charge in [0.1, 0.15) is 12.4 Å². The van der Waals surface area contributed by atoms with E-state index >= 15 is 0 Å². The number of rotatable bonds is 8. The van der Waals surface area contributed by atoms with E-state index in [-0.39, 0.29) is 12.7 Å². The zero-order chi connectivity index (χ0) is 14.2. The Bertz CT molecular complexity index is 355. The zero-order valence-corrected chi connectivity index (χ0v) is 11.8. The lowest BCUT2D eigenvalue weighted by Crippen LogP contribution is -2.38. The topological polar surface area (TPSA) is 74.9 Å². The second-order valence-corrected chi connectivity index (χ2v) is 5.52. The van der Waals surface area contributed by atoms with Gasteiger partial charge in [0.15, 0.2) is 0 Å². The van der Waals surface area contributed by atoms with E-state index in [0.717, 1.165) is 31.6 Å². The van der Waals surface area contributed by atoms with Crippen molar-refractivity contribution in [2.75, 3.05) is 19.7 Å². The Kier molecular flexibility index (Phi) is 6.53. The smallest absolute Gasteiger partial charge is 0.129 e. The minimum Gasteiger partial charge on any atom is -0.467 e. The molecule has 2 rings (SSSR count). The number of nitrogens with one attached hydrogen (secondary N) is 1. The summed E-state index contributed by atoms with van der Waals surface area (Å²) < 4.78 is 10.5. The number of ether oxygens (including phenoxy) is 1. The standard InChI is InChI=1S/C15H25NO4/c17-13(10-19-11-14-5-3-7-20-14)9-16-8-12-4-1-2-6-15(12)18/h3,5,7,12-13,15-18H,1-2,4,6,8-11H2. The van der Waals surface area contributed by atoms with Crippen molar-refractivity contribution in [3.63, 3.8) is 0 Å². The van der Waals surface area contributed by atoms with Crippen LogP contribution >= 0.6 is 0 Å². The first-order chi connectivity index (χ1) is 9.75. The molecule has 1 aromatic heterocycles. The number of aliphatic hydroxyl groups is 2. The maximum absolute atomic E-state index is 9.84. The molecule has 3 unspecified atom stereocenters. The molecule has 3 atom stereocenters. The lowest BCUT2D eigenvalue weighted by atomic mass is 9.86. The van der Waals surface area contributed by atoms with Crippen molar-refractivity contribution in [1.29, 1.82) is 0 Å². The minimum atomic E-state index is -0.536. The molecule has 0 amide bonds. The van der Waals surface area contributed by atoms with Crippen molar-refractivity contribution in [1.82, 2.24) is 5.32 Å². The summed E-state index contributed by atoms with van der Waals surface area (Å²) in [5, 5.41) is 22.9. The molecule has 0 saturated heterocycles. The van der Waals surface area contributed by atoms with E-state index in [1.54, 1.807) is 6.26 Å². The fraction of sp³-hybridized carbons (Fsp3) is 0.733. The highest BCUT2D eigenvalue weighted by Crippen LogP contribution is 2.23. The predicted octanol–water partition coefficient (Wildman–Crippen LogP) is 1.30. The maximum Gasteiger partial charge on any atom is 0.129 e. The van der Waals surface area contributed by atoms with Crippen molar-refractivity contribution in [3.05, 3.63) is 24.2 Å². The van der Waals surface area contributed by atoms with Gasteiger partial charge in [0.05, 0.1) is 25.1 Å². The zero-order valence-electron chi connectivity index (χ0n) is 11.8. The SMILES string of the molecule is OC(CNCC1CCCCC1O)COCc1ccco1. The van der Waals surface area contributed by atoms with E-state index in [2.05, 4.69) is 5.32 Å². The molecule has 1 aliphatic carbocycles. The molecule has 0 aliphatic heterocycles. The molecule has 114 valence electrons. The summed E-state index contributed by atoms with van der Waals surface area (Å²) in [5.41, 5.74) is 0. The first-order valence-electron chi connectivity index (χ1n) is 7.42. The molecule has 5 heteroatoms. The van der Waals surface area contributed by atoms with Crippen LogP contribution in [-0.4, -0.2) is 42.1 Å². The van der Waals surface area contributed by atoms with Crippen LogP contribution in [0.15, 0.2) is 22.8 Å². The van der Waals surface area contributed by atoms with Crippen LogP contribution in [0.2, 0.25) is 0 Å². The monoisotopic (exact) mass is 283 g/mol. The van der Waals surface area contributed by atoms with Gasteiger partial charge in [-0.3, -0.25) is 0 Å². The van der Waals surface area contributed by atoms with Crippen LogP contribution in [0.4, 0.5) is 0 Å². The Morgan fingerprint density at radius 2 is 2.25 bits per heavy atom. The maximum atomic E-state index is 9.84. The molecule has 0 radical (unpaired) electrons. The van der Waals surface area contributed by atoms with Gasteiger partial charge in [0, 0.05) is 13.1 Å². The first-order valence-corrected chi connectivity index (χ1v) is 7.42. The predicted molar refractivity (Wildman–Crippen MR) is 75.2 cm³/mol. The van der Waals surface area contributed by atoms with E-state index in [1.807, 2.05) is 12.1 Å². The second-order valence-electron chi connectivity index (χ2n) is 5.52. The van der Waals surface area contributed by atoms with Crippen molar-refractivity contribution >= 4 is 0 Å². The van der Waals surface area contributed by atoms with Crippen molar-refractivity contribution in [2.45, 2.75) is 44.5 Å². The number of hydrogen-bond acceptors (Lipinski definition) is 5. The Morgan fingerprint density at radius 3 is 3.00 bits per heavy atom. The Labute approximate surface area is 119 Å². The molecule has 1 saturated carbocycles. The summed E-state index contributed by atoms with van der Waals surface area (Å²) in [5.74, 6) is 1.08. The molecule has 1 heterocycles. The van der Waals surface area contributed by atoms with E-state index in [9.17, 15) is 10.2 Å². The van der Waals surface area contributed by atoms with Gasteiger partial charge in [-0.1, -0.05) is 12.8 Å². The third-order valence-corrected chi connectivity index (χ3v) is 3.79. The van der Waals surface area contributed by atoms with Crippen LogP contribution in [0, 0.1) is 5.92 Å². The van der Waals surface area contributed by atoms with Gasteiger partial charge in [-0.25, -0.2) is 0 Å². The Balaban J connectivity index is 1.52. The minimum absolute atomic E-state index is 0.191. The van der Waals surface area contributed by atoms with Gasteiger partial charge in [0.25, 0.3) is 0 Å². The average Bonchev–Trinajstić information content (AvgIpc) is 2.94. The third kappa shape index (κ3) is 5.25. The fourth-order valence-corrected chi connectivity index (χ4v) is 2.61. The first kappa shape index (κ1) is 15.5. The summed E-state index contributed by atoms with van der Waals surface area (Å²) in [7, 11) is 0. The summed E-state index contributed by atoms with van der Waals surface area (Å²) in [4.78, 5) is 0. The molecule has 1 aromatic rings. The molecule has 20 heavy (non-hydrogen) atoms. The van der Waals surface area contributed by atoms with E-state index in [1.165, 1.54) is 6.42 Å².